The molecule has 2 atom stereocenters. The van der Waals surface area contributed by atoms with Gasteiger partial charge in [0.1, 0.15) is 18.3 Å². The number of nitrogens with zero attached hydrogens (tertiary/aromatic N) is 2. The van der Waals surface area contributed by atoms with Crippen LogP contribution in [0.3, 0.4) is 0 Å². The fraction of sp³-hybridized carbons (Fsp3) is 0.500. The van der Waals surface area contributed by atoms with E-state index >= 15 is 0 Å². The van der Waals surface area contributed by atoms with Gasteiger partial charge in [-0.3, -0.25) is 13.9 Å². The number of benzene rings is 2. The maximum Gasteiger partial charge on any atom is 0.244 e. The van der Waals surface area contributed by atoms with Crippen LogP contribution in [0.2, 0.25) is 0 Å². The van der Waals surface area contributed by atoms with Gasteiger partial charge in [0.25, 0.3) is 0 Å². The Balaban J connectivity index is 2.52. The van der Waals surface area contributed by atoms with Crippen molar-refractivity contribution >= 4 is 27.5 Å². The van der Waals surface area contributed by atoms with Gasteiger partial charge in [0.15, 0.2) is 0 Å². The van der Waals surface area contributed by atoms with E-state index in [2.05, 4.69) is 5.32 Å². The number of hydrogen-bond acceptors (Lipinski definition) is 5. The lowest BCUT2D eigenvalue weighted by Gasteiger charge is -2.34. The van der Waals surface area contributed by atoms with Gasteiger partial charge in [-0.2, -0.15) is 0 Å². The molecule has 0 spiro atoms. The molecule has 0 saturated carbocycles. The summed E-state index contributed by atoms with van der Waals surface area (Å²) in [5.41, 5.74) is 2.06. The minimum atomic E-state index is -3.80. The molecular formula is C28H41N3O5S. The highest BCUT2D eigenvalue weighted by Crippen LogP contribution is 2.29. The van der Waals surface area contributed by atoms with E-state index in [1.54, 1.807) is 25.3 Å². The average molecular weight is 532 g/mol. The third-order valence-corrected chi connectivity index (χ3v) is 7.51. The van der Waals surface area contributed by atoms with Crippen molar-refractivity contribution in [1.82, 2.24) is 10.2 Å². The first kappa shape index (κ1) is 30.2. The molecule has 2 rings (SSSR count). The van der Waals surface area contributed by atoms with Gasteiger partial charge in [0.2, 0.25) is 21.8 Å². The van der Waals surface area contributed by atoms with Crippen molar-refractivity contribution in [2.24, 2.45) is 0 Å². The average Bonchev–Trinajstić information content (AvgIpc) is 2.86. The topological polar surface area (TPSA) is 96.0 Å². The molecule has 0 heterocycles. The number of carbonyl (C=O) groups excluding carboxylic acids is 2. The van der Waals surface area contributed by atoms with Gasteiger partial charge < -0.3 is 15.0 Å². The number of carbonyl (C=O) groups is 2. The Hall–Kier alpha value is -3.07. The number of para-hydroxylation sites is 1. The van der Waals surface area contributed by atoms with Gasteiger partial charge in [-0.25, -0.2) is 8.42 Å². The zero-order chi connectivity index (χ0) is 27.8. The SMILES string of the molecule is CC[C@@H](C)NC(=O)[C@@H](CC)N(Cc1cccc(OC)c1)C(=O)CN(c1ccccc1C(C)C)S(C)(=O)=O. The molecule has 0 unspecified atom stereocenters. The predicted octanol–water partition coefficient (Wildman–Crippen LogP) is 4.31. The summed E-state index contributed by atoms with van der Waals surface area (Å²) in [7, 11) is -2.23. The molecule has 9 heteroatoms. The van der Waals surface area contributed by atoms with E-state index in [1.807, 2.05) is 65.0 Å². The standard InChI is InChI=1S/C28H41N3O5S/c1-8-21(5)29-28(33)25(9-2)30(18-22-13-12-14-23(17-22)36-6)27(32)19-31(37(7,34)35)26-16-11-10-15-24(26)20(3)4/h10-17,20-21,25H,8-9,18-19H2,1-7H3,(H,29,33)/t21-,25-/m1/s1. The monoisotopic (exact) mass is 531 g/mol. The maximum absolute atomic E-state index is 13.9. The third-order valence-electron chi connectivity index (χ3n) is 6.38. The number of sulfonamides is 1. The summed E-state index contributed by atoms with van der Waals surface area (Å²) in [6, 6.07) is 13.6. The Morgan fingerprint density at radius 2 is 1.68 bits per heavy atom. The van der Waals surface area contributed by atoms with Gasteiger partial charge in [-0.05, 0) is 55.0 Å². The molecule has 0 saturated heterocycles. The maximum atomic E-state index is 13.9. The van der Waals surface area contributed by atoms with Crippen LogP contribution in [0.4, 0.5) is 5.69 Å². The van der Waals surface area contributed by atoms with E-state index in [-0.39, 0.29) is 24.4 Å². The zero-order valence-corrected chi connectivity index (χ0v) is 23.8. The van der Waals surface area contributed by atoms with Crippen LogP contribution in [0.25, 0.3) is 0 Å². The number of nitrogens with one attached hydrogen (secondary N) is 1. The van der Waals surface area contributed by atoms with E-state index in [4.69, 9.17) is 4.74 Å². The van der Waals surface area contributed by atoms with Crippen LogP contribution in [-0.4, -0.2) is 57.1 Å². The number of rotatable bonds is 13. The first-order chi connectivity index (χ1) is 17.4. The summed E-state index contributed by atoms with van der Waals surface area (Å²) < 4.78 is 32.3. The van der Waals surface area contributed by atoms with E-state index in [0.29, 0.717) is 17.9 Å². The van der Waals surface area contributed by atoms with Gasteiger partial charge >= 0.3 is 0 Å². The number of ether oxygens (including phenoxy) is 1. The molecule has 1 N–H and O–H groups in total. The van der Waals surface area contributed by atoms with E-state index in [1.165, 1.54) is 4.90 Å². The number of hydrogen-bond donors (Lipinski definition) is 1. The molecule has 0 bridgehead atoms. The summed E-state index contributed by atoms with van der Waals surface area (Å²) >= 11 is 0. The first-order valence-corrected chi connectivity index (χ1v) is 14.6. The lowest BCUT2D eigenvalue weighted by molar-refractivity contribution is -0.140. The lowest BCUT2D eigenvalue weighted by atomic mass is 10.0. The first-order valence-electron chi connectivity index (χ1n) is 12.7. The highest BCUT2D eigenvalue weighted by molar-refractivity contribution is 7.92. The normalized spacial score (nSPS) is 13.1. The molecule has 0 aliphatic carbocycles. The molecule has 0 aromatic heterocycles. The Morgan fingerprint density at radius 3 is 2.24 bits per heavy atom. The van der Waals surface area contributed by atoms with Gasteiger partial charge in [-0.15, -0.1) is 0 Å². The quantitative estimate of drug-likeness (QED) is 0.416. The van der Waals surface area contributed by atoms with Crippen molar-refractivity contribution in [1.29, 1.82) is 0 Å². The fourth-order valence-electron chi connectivity index (χ4n) is 4.13. The van der Waals surface area contributed by atoms with Crippen molar-refractivity contribution in [3.05, 3.63) is 59.7 Å². The summed E-state index contributed by atoms with van der Waals surface area (Å²) in [6.07, 6.45) is 2.22. The van der Waals surface area contributed by atoms with E-state index in [9.17, 15) is 18.0 Å². The minimum Gasteiger partial charge on any atom is -0.497 e. The zero-order valence-electron chi connectivity index (χ0n) is 23.0. The van der Waals surface area contributed by atoms with Crippen LogP contribution in [0.15, 0.2) is 48.5 Å². The molecule has 2 aromatic rings. The summed E-state index contributed by atoms with van der Waals surface area (Å²) in [5.74, 6) is -0.0432. The van der Waals surface area contributed by atoms with Crippen LogP contribution in [0.1, 0.15) is 64.5 Å². The summed E-state index contributed by atoms with van der Waals surface area (Å²) in [5, 5.41) is 2.97. The molecule has 37 heavy (non-hydrogen) atoms. The van der Waals surface area contributed by atoms with Gasteiger partial charge in [-0.1, -0.05) is 58.0 Å². The van der Waals surface area contributed by atoms with Crippen molar-refractivity contribution in [2.75, 3.05) is 24.2 Å². The fourth-order valence-corrected chi connectivity index (χ4v) is 4.99. The molecule has 0 aliphatic heterocycles. The molecular weight excluding hydrogens is 490 g/mol. The Kier molecular flexibility index (Phi) is 11.0. The molecule has 0 aliphatic rings. The molecule has 0 radical (unpaired) electrons. The molecule has 2 amide bonds. The van der Waals surface area contributed by atoms with Crippen LogP contribution < -0.4 is 14.4 Å². The molecule has 8 nitrogen and oxygen atoms in total. The van der Waals surface area contributed by atoms with Crippen molar-refractivity contribution in [3.8, 4) is 5.75 Å². The van der Waals surface area contributed by atoms with Gasteiger partial charge in [0, 0.05) is 12.6 Å². The summed E-state index contributed by atoms with van der Waals surface area (Å²) in [6.45, 7) is 9.39. The second-order valence-corrected chi connectivity index (χ2v) is 11.5. The second kappa shape index (κ2) is 13.5. The van der Waals surface area contributed by atoms with Crippen molar-refractivity contribution < 1.29 is 22.7 Å². The molecule has 2 aromatic carbocycles. The number of amides is 2. The summed E-state index contributed by atoms with van der Waals surface area (Å²) in [4.78, 5) is 28.6. The van der Waals surface area contributed by atoms with Crippen molar-refractivity contribution in [3.63, 3.8) is 0 Å². The van der Waals surface area contributed by atoms with E-state index in [0.717, 1.165) is 28.1 Å². The van der Waals surface area contributed by atoms with Crippen LogP contribution in [-0.2, 0) is 26.2 Å². The largest absolute Gasteiger partial charge is 0.497 e. The highest BCUT2D eigenvalue weighted by atomic mass is 32.2. The Morgan fingerprint density at radius 1 is 1.00 bits per heavy atom. The Labute approximate surface area is 222 Å². The highest BCUT2D eigenvalue weighted by Gasteiger charge is 2.32. The van der Waals surface area contributed by atoms with Crippen LogP contribution in [0.5, 0.6) is 5.75 Å². The van der Waals surface area contributed by atoms with Crippen LogP contribution >= 0.6 is 0 Å². The van der Waals surface area contributed by atoms with Crippen LogP contribution in [0, 0.1) is 0 Å². The number of anilines is 1. The molecule has 204 valence electrons. The minimum absolute atomic E-state index is 0.0492. The van der Waals surface area contributed by atoms with E-state index < -0.39 is 28.5 Å². The lowest BCUT2D eigenvalue weighted by Crippen LogP contribution is -2.53. The smallest absolute Gasteiger partial charge is 0.244 e. The predicted molar refractivity (Wildman–Crippen MR) is 148 cm³/mol. The third kappa shape index (κ3) is 8.21. The number of methoxy groups -OCH3 is 1. The Bertz CT molecular complexity index is 1170. The second-order valence-electron chi connectivity index (χ2n) is 9.60. The van der Waals surface area contributed by atoms with Crippen molar-refractivity contribution in [2.45, 2.75) is 72.0 Å². The molecule has 0 fully saturated rings. The van der Waals surface area contributed by atoms with Gasteiger partial charge in [0.05, 0.1) is 19.1 Å².